The summed E-state index contributed by atoms with van der Waals surface area (Å²) in [5.74, 6) is 0.791. The molecule has 0 aromatic heterocycles. The number of carbonyl (C=O) groups excluding carboxylic acids is 3. The van der Waals surface area contributed by atoms with Gasteiger partial charge in [-0.25, -0.2) is 4.79 Å². The Morgan fingerprint density at radius 1 is 0.938 bits per heavy atom. The second-order valence-corrected chi connectivity index (χ2v) is 7.80. The van der Waals surface area contributed by atoms with Crippen molar-refractivity contribution in [2.75, 3.05) is 18.6 Å². The van der Waals surface area contributed by atoms with Gasteiger partial charge in [0.25, 0.3) is 0 Å². The average molecular weight is 493 g/mol. The van der Waals surface area contributed by atoms with Crippen molar-refractivity contribution >= 4 is 29.4 Å². The van der Waals surface area contributed by atoms with Crippen molar-refractivity contribution in [2.45, 2.75) is 18.9 Å². The Morgan fingerprint density at radius 3 is 2.09 bits per heavy atom. The molecule has 1 aromatic rings. The first-order chi connectivity index (χ1) is 15.1. The summed E-state index contributed by atoms with van der Waals surface area (Å²) in [6, 6.07) is 8.72. The van der Waals surface area contributed by atoms with Crippen LogP contribution in [0.25, 0.3) is 0 Å². The summed E-state index contributed by atoms with van der Waals surface area (Å²) < 4.78 is 4.78. The van der Waals surface area contributed by atoms with E-state index >= 15 is 0 Å². The minimum absolute atomic E-state index is 0. The third kappa shape index (κ3) is 11.5. The van der Waals surface area contributed by atoms with Gasteiger partial charge in [0, 0.05) is 24.5 Å². The summed E-state index contributed by atoms with van der Waals surface area (Å²) in [7, 11) is 1.30. The van der Waals surface area contributed by atoms with Crippen LogP contribution >= 0.6 is 11.8 Å². The Morgan fingerprint density at radius 2 is 1.53 bits per heavy atom. The summed E-state index contributed by atoms with van der Waals surface area (Å²) in [4.78, 5) is 35.9. The molecule has 0 spiro atoms. The van der Waals surface area contributed by atoms with E-state index in [-0.39, 0.29) is 34.5 Å². The molecule has 2 saturated carbocycles. The second-order valence-electron chi connectivity index (χ2n) is 6.69. The van der Waals surface area contributed by atoms with E-state index in [0.29, 0.717) is 24.5 Å². The van der Waals surface area contributed by atoms with Crippen molar-refractivity contribution < 1.29 is 36.2 Å². The number of amides is 1. The Kier molecular flexibility index (Phi) is 15.5. The summed E-state index contributed by atoms with van der Waals surface area (Å²) >= 11 is 1.37. The van der Waals surface area contributed by atoms with E-state index in [1.54, 1.807) is 12.8 Å². The van der Waals surface area contributed by atoms with Crippen LogP contribution in [-0.4, -0.2) is 42.3 Å². The zero-order valence-corrected chi connectivity index (χ0v) is 19.8. The van der Waals surface area contributed by atoms with Gasteiger partial charge in [-0.2, -0.15) is 11.8 Å². The van der Waals surface area contributed by atoms with Gasteiger partial charge < -0.3 is 10.1 Å². The summed E-state index contributed by atoms with van der Waals surface area (Å²) in [6.45, 7) is 0. The van der Waals surface area contributed by atoms with Gasteiger partial charge in [-0.1, -0.05) is 30.3 Å². The predicted octanol–water partition coefficient (Wildman–Crippen LogP) is 3.00. The van der Waals surface area contributed by atoms with E-state index in [4.69, 9.17) is 4.74 Å². The Bertz CT molecular complexity index is 668. The van der Waals surface area contributed by atoms with Crippen molar-refractivity contribution in [3.8, 4) is 0 Å². The standard InChI is InChI=1S/C20H22NO4S.C5H5.Fe/c1-25-20(24)17(13-15-7-3-2-4-8-15)21-19(23)14-26-12-11-18(22)16-9-5-6-10-16;1-2-4-5-3-1;/h2-10,17H,11-14H2,1H3,(H,21,23);1-5H;/q;;+2/t17-;;/m0../s1. The van der Waals surface area contributed by atoms with E-state index in [1.807, 2.05) is 75.3 Å². The second kappa shape index (κ2) is 17.2. The van der Waals surface area contributed by atoms with Gasteiger partial charge in [-0.15, -0.1) is 0 Å². The first-order valence-corrected chi connectivity index (χ1v) is 11.2. The maximum absolute atomic E-state index is 12.1. The largest absolute Gasteiger partial charge is 2.00 e. The zero-order chi connectivity index (χ0) is 22.3. The molecule has 0 unspecified atom stereocenters. The number of benzene rings is 1. The van der Waals surface area contributed by atoms with Crippen LogP contribution in [0.1, 0.15) is 12.0 Å². The maximum Gasteiger partial charge on any atom is 2.00 e. The fourth-order valence-electron chi connectivity index (χ4n) is 2.78. The molecule has 0 saturated heterocycles. The first-order valence-electron chi connectivity index (χ1n) is 10.0. The molecule has 5 nitrogen and oxygen atoms in total. The van der Waals surface area contributed by atoms with Crippen LogP contribution in [0.3, 0.4) is 0 Å². The molecule has 0 aliphatic heterocycles. The molecule has 168 valence electrons. The average Bonchev–Trinajstić information content (AvgIpc) is 3.53. The van der Waals surface area contributed by atoms with Crippen LogP contribution in [0.5, 0.6) is 0 Å². The molecule has 1 aromatic carbocycles. The fraction of sp³-hybridized carbons (Fsp3) is 0.240. The molecule has 10 radical (unpaired) electrons. The number of thioether (sulfide) groups is 1. The van der Waals surface area contributed by atoms with Crippen molar-refractivity contribution in [2.24, 2.45) is 0 Å². The number of ketones is 1. The fourth-order valence-corrected chi connectivity index (χ4v) is 3.52. The van der Waals surface area contributed by atoms with E-state index in [1.165, 1.54) is 18.9 Å². The number of ether oxygens (including phenoxy) is 1. The first kappa shape index (κ1) is 28.7. The maximum atomic E-state index is 12.1. The number of Topliss-reactive ketones (excluding diaryl/α,β-unsaturated/α-hetero) is 1. The van der Waals surface area contributed by atoms with Crippen LogP contribution in [0.15, 0.2) is 30.3 Å². The minimum Gasteiger partial charge on any atom is -0.467 e. The number of nitrogens with one attached hydrogen (secondary N) is 1. The van der Waals surface area contributed by atoms with Crippen molar-refractivity contribution in [1.82, 2.24) is 5.32 Å². The normalized spacial score (nSPS) is 16.3. The number of carbonyl (C=O) groups is 3. The number of hydrogen-bond acceptors (Lipinski definition) is 5. The summed E-state index contributed by atoms with van der Waals surface area (Å²) in [5.41, 5.74) is 0.941. The summed E-state index contributed by atoms with van der Waals surface area (Å²) in [6.07, 6.45) is 18.0. The third-order valence-corrected chi connectivity index (χ3v) is 5.31. The van der Waals surface area contributed by atoms with Gasteiger partial charge in [0.2, 0.25) is 5.91 Å². The van der Waals surface area contributed by atoms with Gasteiger partial charge in [-0.3, -0.25) is 9.59 Å². The zero-order valence-electron chi connectivity index (χ0n) is 17.9. The van der Waals surface area contributed by atoms with Gasteiger partial charge in [0.15, 0.2) is 0 Å². The molecule has 32 heavy (non-hydrogen) atoms. The van der Waals surface area contributed by atoms with Crippen molar-refractivity contribution in [3.05, 3.63) is 99.6 Å². The van der Waals surface area contributed by atoms with E-state index < -0.39 is 12.0 Å². The molecular formula is C25H27FeNO4S+2. The molecule has 1 amide bonds. The van der Waals surface area contributed by atoms with E-state index in [2.05, 4.69) is 5.32 Å². The Labute approximate surface area is 207 Å². The Balaban J connectivity index is 0.000000750. The van der Waals surface area contributed by atoms with E-state index in [0.717, 1.165) is 5.56 Å². The molecule has 1 atom stereocenters. The summed E-state index contributed by atoms with van der Waals surface area (Å²) in [5, 5.41) is 2.71. The van der Waals surface area contributed by atoms with E-state index in [9.17, 15) is 14.4 Å². The molecule has 0 heterocycles. The van der Waals surface area contributed by atoms with Crippen LogP contribution < -0.4 is 5.32 Å². The molecule has 3 rings (SSSR count). The van der Waals surface area contributed by atoms with Crippen LogP contribution in [-0.2, 0) is 42.6 Å². The quantitative estimate of drug-likeness (QED) is 0.308. The van der Waals surface area contributed by atoms with Crippen molar-refractivity contribution in [1.29, 1.82) is 0 Å². The van der Waals surface area contributed by atoms with Crippen LogP contribution in [0.2, 0.25) is 0 Å². The number of rotatable bonds is 10. The molecule has 2 fully saturated rings. The topological polar surface area (TPSA) is 72.5 Å². The molecule has 7 heteroatoms. The molecular weight excluding hydrogens is 466 g/mol. The molecule has 2 aliphatic carbocycles. The van der Waals surface area contributed by atoms with Gasteiger partial charge in [0.1, 0.15) is 11.8 Å². The number of methoxy groups -OCH3 is 1. The molecule has 1 N–H and O–H groups in total. The van der Waals surface area contributed by atoms with Gasteiger partial charge in [-0.05, 0) is 63.4 Å². The molecule has 0 bridgehead atoms. The van der Waals surface area contributed by atoms with Gasteiger partial charge in [0.05, 0.1) is 12.9 Å². The van der Waals surface area contributed by atoms with Crippen LogP contribution in [0.4, 0.5) is 0 Å². The molecule has 2 aliphatic rings. The van der Waals surface area contributed by atoms with Gasteiger partial charge >= 0.3 is 23.0 Å². The third-order valence-electron chi connectivity index (χ3n) is 4.35. The van der Waals surface area contributed by atoms with Crippen molar-refractivity contribution in [3.63, 3.8) is 0 Å². The minimum atomic E-state index is -0.721. The number of esters is 1. The smallest absolute Gasteiger partial charge is 0.467 e. The predicted molar refractivity (Wildman–Crippen MR) is 123 cm³/mol. The number of hydrogen-bond donors (Lipinski definition) is 1. The Hall–Kier alpha value is -1.30. The monoisotopic (exact) mass is 493 g/mol. The SMILES string of the molecule is COC(=O)[C@H](Cc1ccccc1)NC(=O)CSCCC(=O)[C]1[CH][CH][CH][CH]1.[CH]1[CH][CH][CH][CH]1.[Fe+2]. The van der Waals surface area contributed by atoms with Crippen LogP contribution in [0, 0.1) is 63.7 Å².